The van der Waals surface area contributed by atoms with Gasteiger partial charge < -0.3 is 5.32 Å². The van der Waals surface area contributed by atoms with Gasteiger partial charge in [-0.1, -0.05) is 0 Å². The molecule has 0 saturated heterocycles. The van der Waals surface area contributed by atoms with Gasteiger partial charge in [-0.25, -0.2) is 4.98 Å². The van der Waals surface area contributed by atoms with Crippen LogP contribution in [0.2, 0.25) is 0 Å². The number of hydrogen-bond acceptors (Lipinski definition) is 3. The largest absolute Gasteiger partial charge is 0.352 e. The second kappa shape index (κ2) is 6.06. The molecule has 2 heterocycles. The molecule has 0 unspecified atom stereocenters. The molecule has 2 aromatic rings. The van der Waals surface area contributed by atoms with E-state index in [1.54, 1.807) is 11.3 Å². The Morgan fingerprint density at radius 2 is 2.28 bits per heavy atom. The Morgan fingerprint density at radius 3 is 2.94 bits per heavy atom. The van der Waals surface area contributed by atoms with E-state index in [2.05, 4.69) is 26.2 Å². The summed E-state index contributed by atoms with van der Waals surface area (Å²) in [5.41, 5.74) is -0.0233. The van der Waals surface area contributed by atoms with Crippen molar-refractivity contribution in [2.45, 2.75) is 6.42 Å². The maximum absolute atomic E-state index is 13.2. The molecule has 0 aliphatic carbocycles. The summed E-state index contributed by atoms with van der Waals surface area (Å²) in [7, 11) is 0. The Kier molecular flexibility index (Phi) is 4.43. The third-order valence-electron chi connectivity index (χ3n) is 2.29. The van der Waals surface area contributed by atoms with E-state index in [1.807, 2.05) is 12.1 Å². The first-order chi connectivity index (χ1) is 8.66. The van der Waals surface area contributed by atoms with Gasteiger partial charge in [0.1, 0.15) is 0 Å². The SMILES string of the molecule is O=C(NCCc1ccc(Br)s1)c1cccnc1F. The Balaban J connectivity index is 1.87. The Morgan fingerprint density at radius 1 is 1.44 bits per heavy atom. The van der Waals surface area contributed by atoms with E-state index in [-0.39, 0.29) is 5.56 Å². The fourth-order valence-corrected chi connectivity index (χ4v) is 2.92. The summed E-state index contributed by atoms with van der Waals surface area (Å²) in [6.07, 6.45) is 2.04. The average Bonchev–Trinajstić information content (AvgIpc) is 2.75. The van der Waals surface area contributed by atoms with Crippen LogP contribution in [-0.4, -0.2) is 17.4 Å². The van der Waals surface area contributed by atoms with E-state index in [1.165, 1.54) is 18.3 Å². The van der Waals surface area contributed by atoms with Gasteiger partial charge >= 0.3 is 0 Å². The summed E-state index contributed by atoms with van der Waals surface area (Å²) in [6.45, 7) is 0.472. The van der Waals surface area contributed by atoms with E-state index >= 15 is 0 Å². The van der Waals surface area contributed by atoms with Gasteiger partial charge in [0.15, 0.2) is 0 Å². The highest BCUT2D eigenvalue weighted by molar-refractivity contribution is 9.11. The maximum atomic E-state index is 13.2. The molecule has 0 spiro atoms. The van der Waals surface area contributed by atoms with Crippen LogP contribution >= 0.6 is 27.3 Å². The van der Waals surface area contributed by atoms with Gasteiger partial charge in [0, 0.05) is 17.6 Å². The molecule has 3 nitrogen and oxygen atoms in total. The fourth-order valence-electron chi connectivity index (χ4n) is 1.44. The number of nitrogens with one attached hydrogen (secondary N) is 1. The van der Waals surface area contributed by atoms with Crippen molar-refractivity contribution in [2.75, 3.05) is 6.54 Å². The second-order valence-electron chi connectivity index (χ2n) is 3.55. The molecule has 0 aliphatic heterocycles. The number of nitrogens with zero attached hydrogens (tertiary/aromatic N) is 1. The minimum Gasteiger partial charge on any atom is -0.352 e. The standard InChI is InChI=1S/C12H10BrFN2OS/c13-10-4-3-8(18-10)5-7-16-12(17)9-2-1-6-15-11(9)14/h1-4,6H,5,7H2,(H,16,17). The predicted molar refractivity (Wildman–Crippen MR) is 72.3 cm³/mol. The Labute approximate surface area is 116 Å². The summed E-state index contributed by atoms with van der Waals surface area (Å²) in [4.78, 5) is 16.3. The molecule has 94 valence electrons. The van der Waals surface area contributed by atoms with Crippen LogP contribution in [0.5, 0.6) is 0 Å². The van der Waals surface area contributed by atoms with Crippen LogP contribution in [0, 0.1) is 5.95 Å². The van der Waals surface area contributed by atoms with Gasteiger partial charge in [-0.2, -0.15) is 4.39 Å². The topological polar surface area (TPSA) is 42.0 Å². The predicted octanol–water partition coefficient (Wildman–Crippen LogP) is 3.02. The maximum Gasteiger partial charge on any atom is 0.255 e. The van der Waals surface area contributed by atoms with E-state index in [4.69, 9.17) is 0 Å². The highest BCUT2D eigenvalue weighted by Gasteiger charge is 2.11. The molecule has 0 saturated carbocycles. The molecule has 2 aromatic heterocycles. The number of amides is 1. The summed E-state index contributed by atoms with van der Waals surface area (Å²) < 4.78 is 14.3. The molecule has 0 fully saturated rings. The lowest BCUT2D eigenvalue weighted by atomic mass is 10.2. The molecular formula is C12H10BrFN2OS. The first-order valence-electron chi connectivity index (χ1n) is 5.30. The van der Waals surface area contributed by atoms with Crippen molar-refractivity contribution in [1.82, 2.24) is 10.3 Å². The zero-order valence-electron chi connectivity index (χ0n) is 9.32. The smallest absolute Gasteiger partial charge is 0.255 e. The average molecular weight is 329 g/mol. The molecule has 1 N–H and O–H groups in total. The summed E-state index contributed by atoms with van der Waals surface area (Å²) in [5.74, 6) is -1.18. The molecule has 1 amide bonds. The second-order valence-corrected chi connectivity index (χ2v) is 6.10. The first-order valence-corrected chi connectivity index (χ1v) is 6.90. The minimum absolute atomic E-state index is 0.0233. The van der Waals surface area contributed by atoms with Gasteiger partial charge in [0.05, 0.1) is 9.35 Å². The Bertz CT molecular complexity index is 559. The highest BCUT2D eigenvalue weighted by Crippen LogP contribution is 2.22. The number of pyridine rings is 1. The molecule has 0 aromatic carbocycles. The van der Waals surface area contributed by atoms with E-state index in [9.17, 15) is 9.18 Å². The van der Waals surface area contributed by atoms with Crippen LogP contribution in [-0.2, 0) is 6.42 Å². The molecule has 6 heteroatoms. The molecule has 0 aliphatic rings. The normalized spacial score (nSPS) is 10.3. The van der Waals surface area contributed by atoms with Crippen LogP contribution in [0.1, 0.15) is 15.2 Å². The number of carbonyl (C=O) groups is 1. The summed E-state index contributed by atoms with van der Waals surface area (Å²) in [5, 5.41) is 2.67. The quantitative estimate of drug-likeness (QED) is 0.876. The van der Waals surface area contributed by atoms with Gasteiger partial charge in [-0.15, -0.1) is 11.3 Å². The van der Waals surface area contributed by atoms with Gasteiger partial charge in [-0.3, -0.25) is 4.79 Å². The molecular weight excluding hydrogens is 319 g/mol. The molecule has 2 rings (SSSR count). The van der Waals surface area contributed by atoms with Crippen molar-refractivity contribution in [3.8, 4) is 0 Å². The third kappa shape index (κ3) is 3.36. The van der Waals surface area contributed by atoms with Crippen LogP contribution in [0.3, 0.4) is 0 Å². The molecule has 0 radical (unpaired) electrons. The number of carbonyl (C=O) groups excluding carboxylic acids is 1. The fraction of sp³-hybridized carbons (Fsp3) is 0.167. The van der Waals surface area contributed by atoms with Crippen LogP contribution < -0.4 is 5.32 Å². The zero-order valence-corrected chi connectivity index (χ0v) is 11.7. The molecule has 18 heavy (non-hydrogen) atoms. The van der Waals surface area contributed by atoms with E-state index in [0.717, 1.165) is 15.1 Å². The number of aromatic nitrogens is 1. The molecule has 0 bridgehead atoms. The van der Waals surface area contributed by atoms with Gasteiger partial charge in [-0.05, 0) is 46.6 Å². The van der Waals surface area contributed by atoms with E-state index < -0.39 is 11.9 Å². The van der Waals surface area contributed by atoms with Crippen LogP contribution in [0.15, 0.2) is 34.2 Å². The van der Waals surface area contributed by atoms with E-state index in [0.29, 0.717) is 6.54 Å². The van der Waals surface area contributed by atoms with Crippen molar-refractivity contribution >= 4 is 33.2 Å². The van der Waals surface area contributed by atoms with Crippen molar-refractivity contribution in [1.29, 1.82) is 0 Å². The van der Waals surface area contributed by atoms with Gasteiger partial charge in [0.25, 0.3) is 5.91 Å². The summed E-state index contributed by atoms with van der Waals surface area (Å²) in [6, 6.07) is 6.90. The van der Waals surface area contributed by atoms with Crippen molar-refractivity contribution in [3.63, 3.8) is 0 Å². The highest BCUT2D eigenvalue weighted by atomic mass is 79.9. The first kappa shape index (κ1) is 13.2. The van der Waals surface area contributed by atoms with Crippen LogP contribution in [0.4, 0.5) is 4.39 Å². The third-order valence-corrected chi connectivity index (χ3v) is 3.97. The lowest BCUT2D eigenvalue weighted by Gasteiger charge is -2.04. The van der Waals surface area contributed by atoms with Crippen molar-refractivity contribution in [3.05, 3.63) is 50.6 Å². The zero-order chi connectivity index (χ0) is 13.0. The van der Waals surface area contributed by atoms with Gasteiger partial charge in [0.2, 0.25) is 5.95 Å². The minimum atomic E-state index is -0.742. The number of rotatable bonds is 4. The lowest BCUT2D eigenvalue weighted by Crippen LogP contribution is -2.26. The number of thiophene rings is 1. The summed E-state index contributed by atoms with van der Waals surface area (Å²) >= 11 is 4.99. The number of halogens is 2. The van der Waals surface area contributed by atoms with Crippen molar-refractivity contribution < 1.29 is 9.18 Å². The van der Waals surface area contributed by atoms with Crippen molar-refractivity contribution in [2.24, 2.45) is 0 Å². The monoisotopic (exact) mass is 328 g/mol. The number of hydrogen-bond donors (Lipinski definition) is 1. The van der Waals surface area contributed by atoms with Crippen LogP contribution in [0.25, 0.3) is 0 Å². The molecule has 0 atom stereocenters. The lowest BCUT2D eigenvalue weighted by molar-refractivity contribution is 0.0949. The Hall–Kier alpha value is -1.27.